The molecule has 0 fully saturated rings. The van der Waals surface area contributed by atoms with Gasteiger partial charge in [0, 0.05) is 44.5 Å². The third-order valence-corrected chi connectivity index (χ3v) is 4.00. The van der Waals surface area contributed by atoms with Gasteiger partial charge in [-0.25, -0.2) is 0 Å². The first-order chi connectivity index (χ1) is 12.4. The van der Waals surface area contributed by atoms with Crippen LogP contribution < -0.4 is 15.0 Å². The Morgan fingerprint density at radius 2 is 1.69 bits per heavy atom. The quantitative estimate of drug-likeness (QED) is 0.830. The van der Waals surface area contributed by atoms with Gasteiger partial charge in [0.25, 0.3) is 0 Å². The lowest BCUT2D eigenvalue weighted by atomic mass is 10.2. The number of ether oxygens (including phenoxy) is 1. The number of amides is 2. The zero-order valence-electron chi connectivity index (χ0n) is 15.7. The molecule has 0 atom stereocenters. The Balaban J connectivity index is 2.02. The van der Waals surface area contributed by atoms with Crippen molar-refractivity contribution in [1.82, 2.24) is 4.90 Å². The molecule has 0 bridgehead atoms. The van der Waals surface area contributed by atoms with Crippen LogP contribution in [-0.4, -0.2) is 44.5 Å². The van der Waals surface area contributed by atoms with Gasteiger partial charge in [-0.2, -0.15) is 0 Å². The lowest BCUT2D eigenvalue weighted by molar-refractivity contribution is -0.133. The van der Waals surface area contributed by atoms with Crippen molar-refractivity contribution in [3.8, 4) is 5.75 Å². The maximum atomic E-state index is 12.3. The van der Waals surface area contributed by atoms with Gasteiger partial charge >= 0.3 is 0 Å². The highest BCUT2D eigenvalue weighted by Crippen LogP contribution is 2.20. The normalized spacial score (nSPS) is 10.2. The molecule has 0 aliphatic heterocycles. The highest BCUT2D eigenvalue weighted by Gasteiger charge is 2.16. The summed E-state index contributed by atoms with van der Waals surface area (Å²) in [6, 6.07) is 15.0. The number of hydrogen-bond acceptors (Lipinski definition) is 4. The summed E-state index contributed by atoms with van der Waals surface area (Å²) in [5, 5.41) is 2.83. The van der Waals surface area contributed by atoms with Crippen molar-refractivity contribution in [2.75, 3.05) is 38.0 Å². The minimum Gasteiger partial charge on any atom is -0.496 e. The maximum Gasteiger partial charge on any atom is 0.244 e. The van der Waals surface area contributed by atoms with Gasteiger partial charge in [0.05, 0.1) is 7.11 Å². The third-order valence-electron chi connectivity index (χ3n) is 4.00. The van der Waals surface area contributed by atoms with E-state index < -0.39 is 0 Å². The van der Waals surface area contributed by atoms with Crippen molar-refractivity contribution in [1.29, 1.82) is 0 Å². The monoisotopic (exact) mass is 355 g/mol. The van der Waals surface area contributed by atoms with Crippen LogP contribution in [-0.2, 0) is 16.1 Å². The Morgan fingerprint density at radius 3 is 2.27 bits per heavy atom. The minimum absolute atomic E-state index is 0.0250. The molecule has 138 valence electrons. The van der Waals surface area contributed by atoms with Crippen molar-refractivity contribution in [2.24, 2.45) is 0 Å². The summed E-state index contributed by atoms with van der Waals surface area (Å²) in [6.07, 6.45) is 0. The number of carbonyl (C=O) groups is 2. The molecular formula is C20H25N3O3. The standard InChI is InChI=1S/C20H25N3O3/c1-15(24)23(13-16-7-5-6-8-19(16)26-4)14-20(25)21-17-9-11-18(12-10-17)22(2)3/h5-12H,13-14H2,1-4H3,(H,21,25). The van der Waals surface area contributed by atoms with E-state index in [-0.39, 0.29) is 18.4 Å². The number of hydrogen-bond donors (Lipinski definition) is 1. The molecule has 26 heavy (non-hydrogen) atoms. The molecular weight excluding hydrogens is 330 g/mol. The first-order valence-electron chi connectivity index (χ1n) is 8.35. The second kappa shape index (κ2) is 8.89. The Hall–Kier alpha value is -3.02. The second-order valence-electron chi connectivity index (χ2n) is 6.18. The van der Waals surface area contributed by atoms with Crippen molar-refractivity contribution < 1.29 is 14.3 Å². The number of benzene rings is 2. The maximum absolute atomic E-state index is 12.3. The Labute approximate surface area is 154 Å². The zero-order valence-corrected chi connectivity index (χ0v) is 15.7. The summed E-state index contributed by atoms with van der Waals surface area (Å²) in [5.41, 5.74) is 2.60. The fourth-order valence-corrected chi connectivity index (χ4v) is 2.53. The van der Waals surface area contributed by atoms with Crippen molar-refractivity contribution >= 4 is 23.2 Å². The van der Waals surface area contributed by atoms with Gasteiger partial charge in [-0.1, -0.05) is 18.2 Å². The Morgan fingerprint density at radius 1 is 1.04 bits per heavy atom. The average Bonchev–Trinajstić information content (AvgIpc) is 2.61. The largest absolute Gasteiger partial charge is 0.496 e. The van der Waals surface area contributed by atoms with Gasteiger partial charge in [0.15, 0.2) is 0 Å². The number of rotatable bonds is 7. The van der Waals surface area contributed by atoms with Crippen LogP contribution in [0.2, 0.25) is 0 Å². The van der Waals surface area contributed by atoms with Gasteiger partial charge in [-0.15, -0.1) is 0 Å². The molecule has 0 aromatic heterocycles. The number of para-hydroxylation sites is 1. The molecule has 0 saturated heterocycles. The molecule has 0 heterocycles. The summed E-state index contributed by atoms with van der Waals surface area (Å²) in [4.78, 5) is 27.8. The van der Waals surface area contributed by atoms with Crippen LogP contribution in [0, 0.1) is 0 Å². The molecule has 0 saturated carbocycles. The molecule has 2 amide bonds. The summed E-state index contributed by atoms with van der Waals surface area (Å²) in [6.45, 7) is 1.74. The van der Waals surface area contributed by atoms with Gasteiger partial charge in [0.2, 0.25) is 11.8 Å². The molecule has 0 spiro atoms. The molecule has 2 rings (SSSR count). The highest BCUT2D eigenvalue weighted by molar-refractivity contribution is 5.94. The van der Waals surface area contributed by atoms with E-state index in [9.17, 15) is 9.59 Å². The van der Waals surface area contributed by atoms with E-state index in [0.717, 1.165) is 11.3 Å². The molecule has 0 unspecified atom stereocenters. The van der Waals surface area contributed by atoms with E-state index >= 15 is 0 Å². The fraction of sp³-hybridized carbons (Fsp3) is 0.300. The second-order valence-corrected chi connectivity index (χ2v) is 6.18. The van der Waals surface area contributed by atoms with Gasteiger partial charge in [-0.05, 0) is 30.3 Å². The van der Waals surface area contributed by atoms with E-state index in [2.05, 4.69) is 5.32 Å². The van der Waals surface area contributed by atoms with Crippen molar-refractivity contribution in [3.63, 3.8) is 0 Å². The average molecular weight is 355 g/mol. The zero-order chi connectivity index (χ0) is 19.1. The summed E-state index contributed by atoms with van der Waals surface area (Å²) < 4.78 is 5.31. The van der Waals surface area contributed by atoms with Crippen LogP contribution in [0.3, 0.4) is 0 Å². The fourth-order valence-electron chi connectivity index (χ4n) is 2.53. The number of nitrogens with zero attached hydrogens (tertiary/aromatic N) is 2. The number of carbonyl (C=O) groups excluding carboxylic acids is 2. The van der Waals surface area contributed by atoms with Crippen LogP contribution in [0.25, 0.3) is 0 Å². The Bertz CT molecular complexity index is 757. The third kappa shape index (κ3) is 5.24. The van der Waals surface area contributed by atoms with Crippen molar-refractivity contribution in [2.45, 2.75) is 13.5 Å². The smallest absolute Gasteiger partial charge is 0.244 e. The van der Waals surface area contributed by atoms with Crippen LogP contribution in [0.15, 0.2) is 48.5 Å². The summed E-state index contributed by atoms with van der Waals surface area (Å²) in [7, 11) is 5.49. The minimum atomic E-state index is -0.243. The molecule has 0 aliphatic rings. The van der Waals surface area contributed by atoms with Crippen molar-refractivity contribution in [3.05, 3.63) is 54.1 Å². The predicted octanol–water partition coefficient (Wildman–Crippen LogP) is 2.75. The Kier molecular flexibility index (Phi) is 6.60. The van der Waals surface area contributed by atoms with Crippen LogP contribution >= 0.6 is 0 Å². The lowest BCUT2D eigenvalue weighted by Gasteiger charge is -2.22. The first kappa shape index (κ1) is 19.3. The number of anilines is 2. The SMILES string of the molecule is COc1ccccc1CN(CC(=O)Nc1ccc(N(C)C)cc1)C(C)=O. The van der Waals surface area contributed by atoms with Crippen LogP contribution in [0.4, 0.5) is 11.4 Å². The van der Waals surface area contributed by atoms with Crippen LogP contribution in [0.1, 0.15) is 12.5 Å². The summed E-state index contributed by atoms with van der Waals surface area (Å²) >= 11 is 0. The van der Waals surface area contributed by atoms with E-state index in [1.54, 1.807) is 7.11 Å². The molecule has 6 nitrogen and oxygen atoms in total. The van der Waals surface area contributed by atoms with E-state index in [1.165, 1.54) is 11.8 Å². The predicted molar refractivity (Wildman–Crippen MR) is 103 cm³/mol. The molecule has 0 radical (unpaired) electrons. The molecule has 2 aromatic carbocycles. The summed E-state index contributed by atoms with van der Waals surface area (Å²) in [5.74, 6) is 0.278. The van der Waals surface area contributed by atoms with Gasteiger partial charge < -0.3 is 19.9 Å². The van der Waals surface area contributed by atoms with Crippen LogP contribution in [0.5, 0.6) is 5.75 Å². The molecule has 2 aromatic rings. The lowest BCUT2D eigenvalue weighted by Crippen LogP contribution is -2.36. The molecule has 1 N–H and O–H groups in total. The highest BCUT2D eigenvalue weighted by atomic mass is 16.5. The number of methoxy groups -OCH3 is 1. The molecule has 6 heteroatoms. The first-order valence-corrected chi connectivity index (χ1v) is 8.35. The van der Waals surface area contributed by atoms with E-state index in [1.807, 2.05) is 67.5 Å². The van der Waals surface area contributed by atoms with Gasteiger partial charge in [0.1, 0.15) is 12.3 Å². The molecule has 0 aliphatic carbocycles. The van der Waals surface area contributed by atoms with E-state index in [0.29, 0.717) is 18.0 Å². The topological polar surface area (TPSA) is 61.9 Å². The van der Waals surface area contributed by atoms with Gasteiger partial charge in [-0.3, -0.25) is 9.59 Å². The van der Waals surface area contributed by atoms with E-state index in [4.69, 9.17) is 4.74 Å². The number of nitrogens with one attached hydrogen (secondary N) is 1.